The first-order chi connectivity index (χ1) is 25.3. The minimum absolute atomic E-state index is 1.17. The Morgan fingerprint density at radius 2 is 0.804 bits per heavy atom. The van der Waals surface area contributed by atoms with Gasteiger partial charge in [-0.05, 0) is 89.0 Å². The van der Waals surface area contributed by atoms with E-state index in [1.165, 1.54) is 97.4 Å². The smallest absolute Gasteiger partial charge is 0.0547 e. The first-order valence-corrected chi connectivity index (χ1v) is 18.2. The second-order valence-electron chi connectivity index (χ2n) is 13.4. The normalized spacial score (nSPS) is 11.9. The van der Waals surface area contributed by atoms with Gasteiger partial charge in [0.05, 0.1) is 22.1 Å². The van der Waals surface area contributed by atoms with Crippen molar-refractivity contribution in [1.82, 2.24) is 9.13 Å². The SMILES string of the molecule is c1ccc(-c2ccc3c4cc(-c5ccc6c(c5)c5ccccc5n6-c5ccc6c(c5)sc5ccccc56)ccc4n(-c4ccccc4)c3c2)cc1. The zero-order chi connectivity index (χ0) is 33.5. The van der Waals surface area contributed by atoms with Crippen molar-refractivity contribution in [2.45, 2.75) is 0 Å². The lowest BCUT2D eigenvalue weighted by atomic mass is 9.99. The van der Waals surface area contributed by atoms with Crippen LogP contribution in [0.4, 0.5) is 0 Å². The molecular formula is C48H30N2S. The fourth-order valence-corrected chi connectivity index (χ4v) is 9.29. The van der Waals surface area contributed by atoms with Gasteiger partial charge in [0, 0.05) is 53.1 Å². The van der Waals surface area contributed by atoms with Crippen molar-refractivity contribution in [3.8, 4) is 33.6 Å². The standard InChI is InChI=1S/C48H30N2S/c1-3-11-31(12-4-1)34-19-23-38-42-28-33(20-25-44(42)49(46(38)29-34)35-13-5-2-6-14-35)32-21-26-45-41(27-32)37-15-7-9-17-43(37)50(45)36-22-24-40-39-16-8-10-18-47(39)51-48(40)30-36/h1-30H. The van der Waals surface area contributed by atoms with Gasteiger partial charge in [0.2, 0.25) is 0 Å². The van der Waals surface area contributed by atoms with Crippen LogP contribution in [-0.2, 0) is 0 Å². The van der Waals surface area contributed by atoms with Gasteiger partial charge < -0.3 is 9.13 Å². The van der Waals surface area contributed by atoms with E-state index in [0.29, 0.717) is 0 Å². The van der Waals surface area contributed by atoms with Crippen molar-refractivity contribution in [1.29, 1.82) is 0 Å². The van der Waals surface area contributed by atoms with Gasteiger partial charge in [-0.3, -0.25) is 0 Å². The molecule has 51 heavy (non-hydrogen) atoms. The second kappa shape index (κ2) is 11.0. The number of nitrogens with zero attached hydrogens (tertiary/aromatic N) is 2. The number of benzene rings is 8. The summed E-state index contributed by atoms with van der Waals surface area (Å²) in [6, 6.07) is 66.7. The van der Waals surface area contributed by atoms with Crippen LogP contribution in [0.3, 0.4) is 0 Å². The molecule has 0 aliphatic heterocycles. The average Bonchev–Trinajstić information content (AvgIpc) is 3.85. The number of para-hydroxylation sites is 2. The zero-order valence-corrected chi connectivity index (χ0v) is 28.4. The van der Waals surface area contributed by atoms with E-state index in [9.17, 15) is 0 Å². The van der Waals surface area contributed by atoms with Gasteiger partial charge in [-0.15, -0.1) is 11.3 Å². The fourth-order valence-electron chi connectivity index (χ4n) is 8.15. The van der Waals surface area contributed by atoms with Gasteiger partial charge in [-0.25, -0.2) is 0 Å². The van der Waals surface area contributed by atoms with Crippen LogP contribution in [0.1, 0.15) is 0 Å². The predicted octanol–water partition coefficient (Wildman–Crippen LogP) is 13.6. The molecule has 3 heterocycles. The Morgan fingerprint density at radius 1 is 0.275 bits per heavy atom. The van der Waals surface area contributed by atoms with Gasteiger partial charge in [0.1, 0.15) is 0 Å². The summed E-state index contributed by atoms with van der Waals surface area (Å²) >= 11 is 1.87. The maximum Gasteiger partial charge on any atom is 0.0547 e. The van der Waals surface area contributed by atoms with E-state index in [-0.39, 0.29) is 0 Å². The minimum Gasteiger partial charge on any atom is -0.309 e. The van der Waals surface area contributed by atoms with E-state index in [1.807, 2.05) is 11.3 Å². The number of hydrogen-bond donors (Lipinski definition) is 0. The molecule has 0 aliphatic carbocycles. The molecule has 11 rings (SSSR count). The summed E-state index contributed by atoms with van der Waals surface area (Å²) in [7, 11) is 0. The van der Waals surface area contributed by atoms with Crippen molar-refractivity contribution in [2.24, 2.45) is 0 Å². The summed E-state index contributed by atoms with van der Waals surface area (Å²) in [5.74, 6) is 0. The van der Waals surface area contributed by atoms with Gasteiger partial charge in [0.25, 0.3) is 0 Å². The Labute approximate surface area is 298 Å². The summed E-state index contributed by atoms with van der Waals surface area (Å²) in [4.78, 5) is 0. The first-order valence-electron chi connectivity index (χ1n) is 17.4. The van der Waals surface area contributed by atoms with Crippen LogP contribution in [-0.4, -0.2) is 9.13 Å². The molecule has 0 saturated carbocycles. The van der Waals surface area contributed by atoms with Crippen molar-refractivity contribution in [3.63, 3.8) is 0 Å². The summed E-state index contributed by atoms with van der Waals surface area (Å²) in [5.41, 5.74) is 12.1. The van der Waals surface area contributed by atoms with Gasteiger partial charge in [-0.1, -0.05) is 115 Å². The minimum atomic E-state index is 1.17. The largest absolute Gasteiger partial charge is 0.309 e. The Hall–Kier alpha value is -6.42. The van der Waals surface area contributed by atoms with Crippen molar-refractivity contribution < 1.29 is 0 Å². The van der Waals surface area contributed by atoms with E-state index in [1.54, 1.807) is 0 Å². The van der Waals surface area contributed by atoms with Crippen LogP contribution in [0.15, 0.2) is 182 Å². The van der Waals surface area contributed by atoms with Gasteiger partial charge in [-0.2, -0.15) is 0 Å². The first kappa shape index (κ1) is 28.4. The van der Waals surface area contributed by atoms with Crippen LogP contribution >= 0.6 is 11.3 Å². The van der Waals surface area contributed by atoms with E-state index >= 15 is 0 Å². The molecule has 0 fully saturated rings. The monoisotopic (exact) mass is 666 g/mol. The molecule has 0 saturated heterocycles. The number of rotatable bonds is 4. The maximum atomic E-state index is 2.43. The quantitative estimate of drug-likeness (QED) is 0.177. The highest BCUT2D eigenvalue weighted by molar-refractivity contribution is 7.25. The molecule has 0 aliphatic rings. The van der Waals surface area contributed by atoms with Crippen molar-refractivity contribution in [2.75, 3.05) is 0 Å². The number of aromatic nitrogens is 2. The molecule has 0 spiro atoms. The fraction of sp³-hybridized carbons (Fsp3) is 0. The molecular weight excluding hydrogens is 637 g/mol. The third-order valence-electron chi connectivity index (χ3n) is 10.5. The molecule has 0 N–H and O–H groups in total. The molecule has 0 atom stereocenters. The van der Waals surface area contributed by atoms with Crippen LogP contribution < -0.4 is 0 Å². The molecule has 3 aromatic heterocycles. The van der Waals surface area contributed by atoms with Crippen LogP contribution in [0.5, 0.6) is 0 Å². The summed E-state index contributed by atoms with van der Waals surface area (Å²) < 4.78 is 7.48. The van der Waals surface area contributed by atoms with Crippen molar-refractivity contribution >= 4 is 75.1 Å². The molecule has 11 aromatic rings. The molecule has 0 radical (unpaired) electrons. The Bertz CT molecular complexity index is 3130. The maximum absolute atomic E-state index is 2.43. The molecule has 8 aromatic carbocycles. The molecule has 238 valence electrons. The van der Waals surface area contributed by atoms with E-state index < -0.39 is 0 Å². The molecule has 0 amide bonds. The summed E-state index contributed by atoms with van der Waals surface area (Å²) in [6.45, 7) is 0. The second-order valence-corrected chi connectivity index (χ2v) is 14.4. The lowest BCUT2D eigenvalue weighted by molar-refractivity contribution is 1.18. The Kier molecular flexibility index (Phi) is 6.16. The lowest BCUT2D eigenvalue weighted by Crippen LogP contribution is -1.93. The molecule has 3 heteroatoms. The topological polar surface area (TPSA) is 9.86 Å². The van der Waals surface area contributed by atoms with Gasteiger partial charge >= 0.3 is 0 Å². The van der Waals surface area contributed by atoms with Crippen LogP contribution in [0.2, 0.25) is 0 Å². The third kappa shape index (κ3) is 4.35. The number of fused-ring (bicyclic) bond motifs is 9. The lowest BCUT2D eigenvalue weighted by Gasteiger charge is -2.10. The highest BCUT2D eigenvalue weighted by Gasteiger charge is 2.17. The third-order valence-corrected chi connectivity index (χ3v) is 11.6. The molecule has 2 nitrogen and oxygen atoms in total. The van der Waals surface area contributed by atoms with Gasteiger partial charge in [0.15, 0.2) is 0 Å². The number of hydrogen-bond acceptors (Lipinski definition) is 1. The summed E-state index contributed by atoms with van der Waals surface area (Å²) in [5, 5.41) is 7.69. The Morgan fingerprint density at radius 3 is 1.57 bits per heavy atom. The summed E-state index contributed by atoms with van der Waals surface area (Å²) in [6.07, 6.45) is 0. The zero-order valence-electron chi connectivity index (χ0n) is 27.6. The average molecular weight is 667 g/mol. The highest BCUT2D eigenvalue weighted by Crippen LogP contribution is 2.41. The van der Waals surface area contributed by atoms with Crippen molar-refractivity contribution in [3.05, 3.63) is 182 Å². The number of thiophene rings is 1. The van der Waals surface area contributed by atoms with Crippen LogP contribution in [0.25, 0.3) is 97.4 Å². The highest BCUT2D eigenvalue weighted by atomic mass is 32.1. The van der Waals surface area contributed by atoms with Crippen LogP contribution in [0, 0.1) is 0 Å². The van der Waals surface area contributed by atoms with E-state index in [0.717, 1.165) is 0 Å². The molecule has 0 bridgehead atoms. The molecule has 0 unspecified atom stereocenters. The predicted molar refractivity (Wildman–Crippen MR) is 219 cm³/mol. The Balaban J connectivity index is 1.09. The van der Waals surface area contributed by atoms with E-state index in [4.69, 9.17) is 0 Å². The van der Waals surface area contributed by atoms with E-state index in [2.05, 4.69) is 191 Å².